The number of hydrogen-bond donors (Lipinski definition) is 2. The highest BCUT2D eigenvalue weighted by Crippen LogP contribution is 2.24. The fourth-order valence-electron chi connectivity index (χ4n) is 3.25. The molecular formula is C19H24N2O2S. The topological polar surface area (TPSA) is 58.2 Å². The Kier molecular flexibility index (Phi) is 5.33. The lowest BCUT2D eigenvalue weighted by Crippen LogP contribution is -2.45. The number of piperidine rings is 1. The Morgan fingerprint density at radius 3 is 2.67 bits per heavy atom. The van der Waals surface area contributed by atoms with Crippen LogP contribution in [0.3, 0.4) is 0 Å². The zero-order valence-corrected chi connectivity index (χ0v) is 14.7. The molecule has 0 amide bonds. The van der Waals surface area contributed by atoms with Gasteiger partial charge in [0.2, 0.25) is 0 Å². The highest BCUT2D eigenvalue weighted by molar-refractivity contribution is 7.90. The van der Waals surface area contributed by atoms with Gasteiger partial charge in [-0.1, -0.05) is 42.5 Å². The summed E-state index contributed by atoms with van der Waals surface area (Å²) in [5.41, 5.74) is 2.29. The Balaban J connectivity index is 1.71. The van der Waals surface area contributed by atoms with Crippen molar-refractivity contribution in [2.24, 2.45) is 0 Å². The monoisotopic (exact) mass is 344 g/mol. The van der Waals surface area contributed by atoms with Gasteiger partial charge in [-0.25, -0.2) is 8.42 Å². The van der Waals surface area contributed by atoms with E-state index >= 15 is 0 Å². The maximum absolute atomic E-state index is 11.7. The van der Waals surface area contributed by atoms with E-state index in [9.17, 15) is 8.42 Å². The summed E-state index contributed by atoms with van der Waals surface area (Å²) in [6.07, 6.45) is 3.50. The molecule has 24 heavy (non-hydrogen) atoms. The summed E-state index contributed by atoms with van der Waals surface area (Å²) in [5.74, 6) is 0. The molecule has 2 aromatic rings. The van der Waals surface area contributed by atoms with Crippen LogP contribution >= 0.6 is 0 Å². The van der Waals surface area contributed by atoms with Crippen LogP contribution in [0.15, 0.2) is 59.5 Å². The van der Waals surface area contributed by atoms with Crippen LogP contribution in [0.1, 0.15) is 30.0 Å². The normalized spacial score (nSPS) is 21.5. The van der Waals surface area contributed by atoms with Crippen LogP contribution in [-0.4, -0.2) is 27.3 Å². The maximum Gasteiger partial charge on any atom is 0.175 e. The van der Waals surface area contributed by atoms with Gasteiger partial charge >= 0.3 is 0 Å². The van der Waals surface area contributed by atoms with E-state index in [1.807, 2.05) is 12.1 Å². The molecule has 1 aliphatic heterocycles. The zero-order valence-electron chi connectivity index (χ0n) is 13.9. The molecule has 0 aromatic heterocycles. The number of nitrogens with one attached hydrogen (secondary N) is 2. The van der Waals surface area contributed by atoms with Crippen LogP contribution in [0.25, 0.3) is 0 Å². The van der Waals surface area contributed by atoms with E-state index in [-0.39, 0.29) is 6.04 Å². The summed E-state index contributed by atoms with van der Waals surface area (Å²) in [6, 6.07) is 18.3. The lowest BCUT2D eigenvalue weighted by Gasteiger charge is -2.34. The second kappa shape index (κ2) is 7.47. The smallest absolute Gasteiger partial charge is 0.175 e. The second-order valence-corrected chi connectivity index (χ2v) is 8.41. The molecule has 2 aromatic carbocycles. The molecule has 2 unspecified atom stereocenters. The van der Waals surface area contributed by atoms with Gasteiger partial charge < -0.3 is 10.6 Å². The van der Waals surface area contributed by atoms with Gasteiger partial charge in [0.25, 0.3) is 0 Å². The van der Waals surface area contributed by atoms with Gasteiger partial charge in [-0.2, -0.15) is 0 Å². The van der Waals surface area contributed by atoms with Gasteiger partial charge in [0, 0.05) is 24.9 Å². The molecule has 2 N–H and O–H groups in total. The molecule has 4 nitrogen and oxygen atoms in total. The van der Waals surface area contributed by atoms with Crippen molar-refractivity contribution in [2.45, 2.75) is 36.4 Å². The fourth-order valence-corrected chi connectivity index (χ4v) is 3.95. The van der Waals surface area contributed by atoms with Crippen molar-refractivity contribution in [1.29, 1.82) is 0 Å². The van der Waals surface area contributed by atoms with E-state index in [1.54, 1.807) is 18.2 Å². The van der Waals surface area contributed by atoms with Gasteiger partial charge in [-0.05, 0) is 42.6 Å². The van der Waals surface area contributed by atoms with E-state index in [0.29, 0.717) is 17.5 Å². The van der Waals surface area contributed by atoms with Gasteiger partial charge in [-0.3, -0.25) is 0 Å². The minimum atomic E-state index is -3.16. The first-order valence-corrected chi connectivity index (χ1v) is 10.2. The van der Waals surface area contributed by atoms with E-state index in [4.69, 9.17) is 0 Å². The molecule has 1 heterocycles. The summed E-state index contributed by atoms with van der Waals surface area (Å²) in [6.45, 7) is 1.69. The maximum atomic E-state index is 11.7. The summed E-state index contributed by atoms with van der Waals surface area (Å²) in [4.78, 5) is 0.378. The molecule has 0 bridgehead atoms. The Hall–Kier alpha value is -1.69. The molecule has 5 heteroatoms. The van der Waals surface area contributed by atoms with E-state index < -0.39 is 9.84 Å². The standard InChI is InChI=1S/C19H24N2O2S/c1-24(22,23)17-10-5-7-15(13-17)14-21-18-11-6-12-20-19(18)16-8-3-2-4-9-16/h2-5,7-10,13,18-21H,6,11-12,14H2,1H3. The van der Waals surface area contributed by atoms with Crippen LogP contribution < -0.4 is 10.6 Å². The lowest BCUT2D eigenvalue weighted by molar-refractivity contribution is 0.304. The van der Waals surface area contributed by atoms with Gasteiger partial charge in [0.1, 0.15) is 0 Å². The number of hydrogen-bond acceptors (Lipinski definition) is 4. The minimum absolute atomic E-state index is 0.290. The van der Waals surface area contributed by atoms with Crippen LogP contribution in [0, 0.1) is 0 Å². The van der Waals surface area contributed by atoms with Crippen LogP contribution in [0.2, 0.25) is 0 Å². The molecule has 128 valence electrons. The van der Waals surface area contributed by atoms with Crippen LogP contribution in [0.5, 0.6) is 0 Å². The average Bonchev–Trinajstić information content (AvgIpc) is 2.60. The lowest BCUT2D eigenvalue weighted by atomic mass is 9.92. The predicted octanol–water partition coefficient (Wildman–Crippen LogP) is 2.67. The quantitative estimate of drug-likeness (QED) is 0.875. The first kappa shape index (κ1) is 17.1. The summed E-state index contributed by atoms with van der Waals surface area (Å²) >= 11 is 0. The van der Waals surface area contributed by atoms with Crippen molar-refractivity contribution in [3.63, 3.8) is 0 Å². The molecule has 0 radical (unpaired) electrons. The third kappa shape index (κ3) is 4.23. The van der Waals surface area contributed by atoms with E-state index in [0.717, 1.165) is 24.9 Å². The van der Waals surface area contributed by atoms with Crippen LogP contribution in [-0.2, 0) is 16.4 Å². The fraction of sp³-hybridized carbons (Fsp3) is 0.368. The van der Waals surface area contributed by atoms with Gasteiger partial charge in [0.05, 0.1) is 4.90 Å². The highest BCUT2D eigenvalue weighted by Gasteiger charge is 2.25. The molecule has 0 spiro atoms. The van der Waals surface area contributed by atoms with Crippen molar-refractivity contribution < 1.29 is 8.42 Å². The molecule has 0 saturated carbocycles. The molecule has 1 saturated heterocycles. The van der Waals surface area contributed by atoms with Crippen molar-refractivity contribution in [3.8, 4) is 0 Å². The first-order valence-electron chi connectivity index (χ1n) is 8.35. The molecule has 3 rings (SSSR count). The minimum Gasteiger partial charge on any atom is -0.309 e. The predicted molar refractivity (Wildman–Crippen MR) is 96.6 cm³/mol. The molecule has 2 atom stereocenters. The Morgan fingerprint density at radius 1 is 1.12 bits per heavy atom. The second-order valence-electron chi connectivity index (χ2n) is 6.39. The van der Waals surface area contributed by atoms with Gasteiger partial charge in [0.15, 0.2) is 9.84 Å². The third-order valence-electron chi connectivity index (χ3n) is 4.51. The highest BCUT2D eigenvalue weighted by atomic mass is 32.2. The third-order valence-corrected chi connectivity index (χ3v) is 5.62. The number of benzene rings is 2. The number of sulfone groups is 1. The molecular weight excluding hydrogens is 320 g/mol. The number of rotatable bonds is 5. The van der Waals surface area contributed by atoms with Crippen molar-refractivity contribution in [2.75, 3.05) is 12.8 Å². The van der Waals surface area contributed by atoms with Crippen molar-refractivity contribution in [3.05, 3.63) is 65.7 Å². The molecule has 1 fully saturated rings. The largest absolute Gasteiger partial charge is 0.309 e. The van der Waals surface area contributed by atoms with Crippen molar-refractivity contribution in [1.82, 2.24) is 10.6 Å². The van der Waals surface area contributed by atoms with Crippen molar-refractivity contribution >= 4 is 9.84 Å². The summed E-state index contributed by atoms with van der Waals surface area (Å²) < 4.78 is 23.4. The zero-order chi connectivity index (χ0) is 17.0. The summed E-state index contributed by atoms with van der Waals surface area (Å²) in [7, 11) is -3.16. The summed E-state index contributed by atoms with van der Waals surface area (Å²) in [5, 5.41) is 7.21. The van der Waals surface area contributed by atoms with E-state index in [1.165, 1.54) is 11.8 Å². The average molecular weight is 344 g/mol. The SMILES string of the molecule is CS(=O)(=O)c1cccc(CNC2CCCNC2c2ccccc2)c1. The Labute approximate surface area is 144 Å². The van der Waals surface area contributed by atoms with Crippen LogP contribution in [0.4, 0.5) is 0 Å². The Morgan fingerprint density at radius 2 is 1.92 bits per heavy atom. The first-order chi connectivity index (χ1) is 11.5. The molecule has 1 aliphatic rings. The van der Waals surface area contributed by atoms with Gasteiger partial charge in [-0.15, -0.1) is 0 Å². The van der Waals surface area contributed by atoms with E-state index in [2.05, 4.69) is 34.9 Å². The Bertz CT molecular complexity index is 775. The molecule has 0 aliphatic carbocycles.